The average Bonchev–Trinajstić information content (AvgIpc) is 2.59. The van der Waals surface area contributed by atoms with Gasteiger partial charge in [-0.1, -0.05) is 27.5 Å². The van der Waals surface area contributed by atoms with Crippen LogP contribution in [0.3, 0.4) is 0 Å². The Labute approximate surface area is 138 Å². The summed E-state index contributed by atoms with van der Waals surface area (Å²) in [6.07, 6.45) is 6.95. The summed E-state index contributed by atoms with van der Waals surface area (Å²) in [7, 11) is 0. The van der Waals surface area contributed by atoms with Gasteiger partial charge >= 0.3 is 0 Å². The van der Waals surface area contributed by atoms with E-state index >= 15 is 0 Å². The van der Waals surface area contributed by atoms with Gasteiger partial charge < -0.3 is 4.90 Å². The van der Waals surface area contributed by atoms with Crippen LogP contribution in [-0.2, 0) is 6.54 Å². The topological polar surface area (TPSA) is 15.6 Å². The summed E-state index contributed by atoms with van der Waals surface area (Å²) >= 11 is 9.90. The third kappa shape index (κ3) is 1.93. The van der Waals surface area contributed by atoms with Crippen LogP contribution in [0.1, 0.15) is 37.7 Å². The number of amidine groups is 1. The lowest BCUT2D eigenvalue weighted by Crippen LogP contribution is -2.42. The van der Waals surface area contributed by atoms with E-state index in [1.165, 1.54) is 43.5 Å². The molecule has 4 bridgehead atoms. The van der Waals surface area contributed by atoms with Crippen molar-refractivity contribution in [2.75, 3.05) is 0 Å². The lowest BCUT2D eigenvalue weighted by molar-refractivity contribution is 0.128. The van der Waals surface area contributed by atoms with Crippen molar-refractivity contribution < 1.29 is 0 Å². The Morgan fingerprint density at radius 1 is 1.10 bits per heavy atom. The molecule has 1 aromatic rings. The lowest BCUT2D eigenvalue weighted by Gasteiger charge is -2.39. The molecule has 2 aliphatic carbocycles. The van der Waals surface area contributed by atoms with Gasteiger partial charge in [0.25, 0.3) is 0 Å². The first kappa shape index (κ1) is 13.0. The van der Waals surface area contributed by atoms with Gasteiger partial charge in [0.2, 0.25) is 0 Å². The largest absolute Gasteiger partial charge is 0.352 e. The van der Waals surface area contributed by atoms with Crippen molar-refractivity contribution in [1.29, 1.82) is 0 Å². The molecule has 0 unspecified atom stereocenters. The summed E-state index contributed by atoms with van der Waals surface area (Å²) in [5.41, 5.74) is 2.39. The molecule has 2 nitrogen and oxygen atoms in total. The highest BCUT2D eigenvalue weighted by Gasteiger charge is 2.46. The molecule has 4 heteroatoms. The van der Waals surface area contributed by atoms with Gasteiger partial charge in [0.1, 0.15) is 5.84 Å². The van der Waals surface area contributed by atoms with Crippen LogP contribution in [0.2, 0.25) is 5.02 Å². The van der Waals surface area contributed by atoms with Crippen molar-refractivity contribution in [3.05, 3.63) is 27.2 Å². The van der Waals surface area contributed by atoms with Crippen LogP contribution in [0.4, 0.5) is 5.69 Å². The predicted octanol–water partition coefficient (Wildman–Crippen LogP) is 5.16. The number of fused-ring (bicyclic) bond motifs is 1. The van der Waals surface area contributed by atoms with Crippen molar-refractivity contribution in [2.45, 2.75) is 44.7 Å². The van der Waals surface area contributed by atoms with Gasteiger partial charge in [-0.2, -0.15) is 0 Å². The van der Waals surface area contributed by atoms with Crippen LogP contribution >= 0.6 is 27.5 Å². The number of hydrogen-bond donors (Lipinski definition) is 0. The maximum atomic E-state index is 6.22. The van der Waals surface area contributed by atoms with Crippen LogP contribution in [0, 0.1) is 17.8 Å². The minimum atomic E-state index is 0.687. The smallest absolute Gasteiger partial charge is 0.108 e. The second-order valence-electron chi connectivity index (χ2n) is 7.24. The molecule has 110 valence electrons. The Balaban J connectivity index is 1.66. The summed E-state index contributed by atoms with van der Waals surface area (Å²) < 4.78 is 1.11. The average molecular weight is 366 g/mol. The molecule has 3 aliphatic heterocycles. The maximum absolute atomic E-state index is 6.22. The van der Waals surface area contributed by atoms with Gasteiger partial charge in [-0.15, -0.1) is 0 Å². The van der Waals surface area contributed by atoms with Crippen LogP contribution < -0.4 is 0 Å². The van der Waals surface area contributed by atoms with Crippen molar-refractivity contribution in [3.63, 3.8) is 0 Å². The molecule has 21 heavy (non-hydrogen) atoms. The highest BCUT2D eigenvalue weighted by atomic mass is 79.9. The fourth-order valence-corrected chi connectivity index (χ4v) is 6.13. The van der Waals surface area contributed by atoms with E-state index in [4.69, 9.17) is 16.6 Å². The molecular formula is C17H18BrClN2. The second kappa shape index (κ2) is 4.48. The van der Waals surface area contributed by atoms with E-state index in [1.807, 2.05) is 12.1 Å². The molecule has 4 fully saturated rings. The van der Waals surface area contributed by atoms with Gasteiger partial charge in [0.15, 0.2) is 0 Å². The third-order valence-corrected chi connectivity index (χ3v) is 6.84. The molecule has 6 rings (SSSR count). The molecular weight excluding hydrogens is 348 g/mol. The summed E-state index contributed by atoms with van der Waals surface area (Å²) in [5, 5.41) is 0.776. The molecule has 0 N–H and O–H groups in total. The Kier molecular flexibility index (Phi) is 2.76. The molecule has 2 saturated carbocycles. The number of halogens is 2. The molecule has 5 aliphatic rings. The molecule has 2 saturated heterocycles. The van der Waals surface area contributed by atoms with Crippen LogP contribution in [-0.4, -0.2) is 16.8 Å². The first-order valence-electron chi connectivity index (χ1n) is 8.00. The molecule has 3 heterocycles. The molecule has 2 atom stereocenters. The number of hydrogen-bond acceptors (Lipinski definition) is 2. The number of rotatable bonds is 0. The summed E-state index contributed by atoms with van der Waals surface area (Å²) in [6.45, 7) is 1.01. The minimum Gasteiger partial charge on any atom is -0.352 e. The zero-order chi connectivity index (χ0) is 14.1. The van der Waals surface area contributed by atoms with E-state index < -0.39 is 0 Å². The Morgan fingerprint density at radius 2 is 1.86 bits per heavy atom. The molecule has 0 spiro atoms. The van der Waals surface area contributed by atoms with Crippen molar-refractivity contribution in [1.82, 2.24) is 4.90 Å². The number of benzene rings is 1. The monoisotopic (exact) mass is 364 g/mol. The number of nitrogens with zero attached hydrogens (tertiary/aromatic N) is 2. The molecule has 1 aromatic carbocycles. The predicted molar refractivity (Wildman–Crippen MR) is 89.1 cm³/mol. The highest BCUT2D eigenvalue weighted by Crippen LogP contribution is 2.51. The Hall–Kier alpha value is -0.540. The normalized spacial score (nSPS) is 36.1. The van der Waals surface area contributed by atoms with E-state index in [1.54, 1.807) is 0 Å². The fourth-order valence-electron chi connectivity index (χ4n) is 5.21. The van der Waals surface area contributed by atoms with E-state index in [0.717, 1.165) is 39.6 Å². The van der Waals surface area contributed by atoms with Crippen LogP contribution in [0.5, 0.6) is 0 Å². The minimum absolute atomic E-state index is 0.687. The van der Waals surface area contributed by atoms with Gasteiger partial charge in [0, 0.05) is 33.6 Å². The van der Waals surface area contributed by atoms with Crippen LogP contribution in [0.15, 0.2) is 21.6 Å². The SMILES string of the molecule is Clc1cc(Br)c2c(c1)N=C1C3C[C@H]4CC(C[C@H](C3)C4)N1C2. The van der Waals surface area contributed by atoms with E-state index in [2.05, 4.69) is 20.8 Å². The first-order valence-corrected chi connectivity index (χ1v) is 9.17. The Bertz CT molecular complexity index is 642. The standard InChI is InChI=1S/C17H18BrClN2/c18-15-6-12(19)7-16-14(15)8-21-13-4-9-1-10(5-13)3-11(2-9)17(21)20-16/h6-7,9-11,13H,1-5,8H2/t9-,10-,11?,13?/m0/s1. The van der Waals surface area contributed by atoms with Crippen LogP contribution in [0.25, 0.3) is 0 Å². The van der Waals surface area contributed by atoms with Gasteiger partial charge in [-0.3, -0.25) is 0 Å². The first-order chi connectivity index (χ1) is 10.2. The summed E-state index contributed by atoms with van der Waals surface area (Å²) in [5.74, 6) is 3.94. The summed E-state index contributed by atoms with van der Waals surface area (Å²) in [6, 6.07) is 4.75. The zero-order valence-corrected chi connectivity index (χ0v) is 14.2. The van der Waals surface area contributed by atoms with Gasteiger partial charge in [0.05, 0.1) is 5.69 Å². The molecule has 0 aromatic heterocycles. The lowest BCUT2D eigenvalue weighted by atomic mass is 9.68. The molecule has 0 amide bonds. The van der Waals surface area contributed by atoms with Gasteiger partial charge in [-0.25, -0.2) is 4.99 Å². The second-order valence-corrected chi connectivity index (χ2v) is 8.54. The maximum Gasteiger partial charge on any atom is 0.108 e. The molecule has 0 radical (unpaired) electrons. The van der Waals surface area contributed by atoms with E-state index in [9.17, 15) is 0 Å². The number of aliphatic imine (C=N–C) groups is 1. The van der Waals surface area contributed by atoms with Crippen molar-refractivity contribution in [2.24, 2.45) is 22.7 Å². The summed E-state index contributed by atoms with van der Waals surface area (Å²) in [4.78, 5) is 7.70. The van der Waals surface area contributed by atoms with E-state index in [0.29, 0.717) is 5.92 Å². The third-order valence-electron chi connectivity index (χ3n) is 5.91. The zero-order valence-electron chi connectivity index (χ0n) is 11.9. The van der Waals surface area contributed by atoms with E-state index in [-0.39, 0.29) is 0 Å². The quantitative estimate of drug-likeness (QED) is 0.620. The Morgan fingerprint density at radius 3 is 2.62 bits per heavy atom. The van der Waals surface area contributed by atoms with Crippen molar-refractivity contribution >= 4 is 39.1 Å². The van der Waals surface area contributed by atoms with Crippen molar-refractivity contribution in [3.8, 4) is 0 Å². The fraction of sp³-hybridized carbons (Fsp3) is 0.588. The van der Waals surface area contributed by atoms with Gasteiger partial charge in [-0.05, 0) is 56.1 Å². The highest BCUT2D eigenvalue weighted by molar-refractivity contribution is 9.10.